The number of imide groups is 1. The molecule has 0 aromatic heterocycles. The molecule has 2 rings (SSSR count). The summed E-state index contributed by atoms with van der Waals surface area (Å²) in [5.74, 6) is -1.30. The molecule has 102 valence electrons. The first kappa shape index (κ1) is 14.8. The van der Waals surface area contributed by atoms with Crippen LogP contribution in [0.4, 0.5) is 0 Å². The van der Waals surface area contributed by atoms with Crippen molar-refractivity contribution < 1.29 is 19.5 Å². The molecule has 19 heavy (non-hydrogen) atoms. The Morgan fingerprint density at radius 3 is 2.00 bits per heavy atom. The Morgan fingerprint density at radius 2 is 1.68 bits per heavy atom. The SMILES string of the molecule is Cc1ccc(C(N)C(=O)O)cc1.O=C1CCC(=O)N1. The van der Waals surface area contributed by atoms with Crippen LogP contribution >= 0.6 is 0 Å². The minimum absolute atomic E-state index is 0.148. The number of carbonyl (C=O) groups is 3. The summed E-state index contributed by atoms with van der Waals surface area (Å²) in [6.07, 6.45) is 0.748. The van der Waals surface area contributed by atoms with E-state index in [1.807, 2.05) is 19.1 Å². The molecular formula is C13H16N2O4. The van der Waals surface area contributed by atoms with Gasteiger partial charge in [0.1, 0.15) is 6.04 Å². The van der Waals surface area contributed by atoms with Gasteiger partial charge in [-0.2, -0.15) is 0 Å². The van der Waals surface area contributed by atoms with Crippen LogP contribution < -0.4 is 11.1 Å². The minimum Gasteiger partial charge on any atom is -0.480 e. The topological polar surface area (TPSA) is 109 Å². The number of carboxylic acids is 1. The fourth-order valence-electron chi connectivity index (χ4n) is 1.42. The van der Waals surface area contributed by atoms with Crippen molar-refractivity contribution in [2.24, 2.45) is 5.73 Å². The Morgan fingerprint density at radius 1 is 1.21 bits per heavy atom. The van der Waals surface area contributed by atoms with E-state index in [1.54, 1.807) is 12.1 Å². The van der Waals surface area contributed by atoms with Gasteiger partial charge in [-0.1, -0.05) is 29.8 Å². The first-order valence-electron chi connectivity index (χ1n) is 5.78. The molecule has 1 fully saturated rings. The molecule has 0 bridgehead atoms. The van der Waals surface area contributed by atoms with Gasteiger partial charge in [0.2, 0.25) is 11.8 Å². The van der Waals surface area contributed by atoms with Crippen molar-refractivity contribution in [2.75, 3.05) is 0 Å². The van der Waals surface area contributed by atoms with E-state index in [0.29, 0.717) is 18.4 Å². The molecule has 1 aromatic rings. The number of aliphatic carboxylic acids is 1. The number of nitrogens with two attached hydrogens (primary N) is 1. The first-order chi connectivity index (χ1) is 8.90. The third kappa shape index (κ3) is 4.89. The average molecular weight is 264 g/mol. The van der Waals surface area contributed by atoms with Gasteiger partial charge in [0.25, 0.3) is 0 Å². The molecular weight excluding hydrogens is 248 g/mol. The van der Waals surface area contributed by atoms with Gasteiger partial charge in [-0.15, -0.1) is 0 Å². The van der Waals surface area contributed by atoms with Gasteiger partial charge in [0.15, 0.2) is 0 Å². The second-order valence-electron chi connectivity index (χ2n) is 4.20. The molecule has 1 heterocycles. The maximum absolute atomic E-state index is 10.5. The zero-order valence-electron chi connectivity index (χ0n) is 10.6. The summed E-state index contributed by atoms with van der Waals surface area (Å²) in [5.41, 5.74) is 7.11. The number of rotatable bonds is 2. The van der Waals surface area contributed by atoms with Gasteiger partial charge in [-0.3, -0.25) is 19.7 Å². The molecule has 6 heteroatoms. The van der Waals surface area contributed by atoms with Crippen molar-refractivity contribution in [1.82, 2.24) is 5.32 Å². The van der Waals surface area contributed by atoms with Crippen molar-refractivity contribution >= 4 is 17.8 Å². The predicted molar refractivity (Wildman–Crippen MR) is 68.1 cm³/mol. The fourth-order valence-corrected chi connectivity index (χ4v) is 1.42. The summed E-state index contributed by atoms with van der Waals surface area (Å²) in [7, 11) is 0. The lowest BCUT2D eigenvalue weighted by Gasteiger charge is -2.05. The summed E-state index contributed by atoms with van der Waals surface area (Å²) in [6.45, 7) is 1.94. The zero-order chi connectivity index (χ0) is 14.4. The predicted octanol–water partition coefficient (Wildman–Crippen LogP) is 0.502. The lowest BCUT2D eigenvalue weighted by Crippen LogP contribution is -2.20. The molecule has 0 saturated carbocycles. The highest BCUT2D eigenvalue weighted by molar-refractivity contribution is 6.01. The van der Waals surface area contributed by atoms with Crippen LogP contribution in [0.5, 0.6) is 0 Å². The van der Waals surface area contributed by atoms with E-state index in [0.717, 1.165) is 5.56 Å². The van der Waals surface area contributed by atoms with Crippen LogP contribution in [0.15, 0.2) is 24.3 Å². The molecule has 1 unspecified atom stereocenters. The Balaban J connectivity index is 0.000000218. The minimum atomic E-state index is -1.00. The summed E-state index contributed by atoms with van der Waals surface area (Å²) < 4.78 is 0. The smallest absolute Gasteiger partial charge is 0.325 e. The number of nitrogens with one attached hydrogen (secondary N) is 1. The highest BCUT2D eigenvalue weighted by atomic mass is 16.4. The van der Waals surface area contributed by atoms with E-state index in [9.17, 15) is 14.4 Å². The molecule has 1 aromatic carbocycles. The van der Waals surface area contributed by atoms with E-state index in [4.69, 9.17) is 10.8 Å². The summed E-state index contributed by atoms with van der Waals surface area (Å²) in [6, 6.07) is 6.24. The van der Waals surface area contributed by atoms with Gasteiger partial charge in [-0.05, 0) is 12.5 Å². The molecule has 0 spiro atoms. The highest BCUT2D eigenvalue weighted by Gasteiger charge is 2.15. The van der Waals surface area contributed by atoms with Crippen molar-refractivity contribution in [3.63, 3.8) is 0 Å². The summed E-state index contributed by atoms with van der Waals surface area (Å²) >= 11 is 0. The van der Waals surface area contributed by atoms with E-state index in [-0.39, 0.29) is 11.8 Å². The van der Waals surface area contributed by atoms with Gasteiger partial charge in [0, 0.05) is 12.8 Å². The number of carboxylic acid groups (broad SMARTS) is 1. The monoisotopic (exact) mass is 264 g/mol. The van der Waals surface area contributed by atoms with Crippen LogP contribution in [0.3, 0.4) is 0 Å². The molecule has 1 aliphatic rings. The lowest BCUT2D eigenvalue weighted by atomic mass is 10.1. The molecule has 1 saturated heterocycles. The Kier molecular flexibility index (Phi) is 5.20. The average Bonchev–Trinajstić information content (AvgIpc) is 2.74. The Bertz CT molecular complexity index is 468. The van der Waals surface area contributed by atoms with Crippen molar-refractivity contribution in [3.8, 4) is 0 Å². The standard InChI is InChI=1S/C9H11NO2.C4H5NO2/c1-6-2-4-7(5-3-6)8(10)9(11)12;6-3-1-2-4(7)5-3/h2-5,8H,10H2,1H3,(H,11,12);1-2H2,(H,5,6,7). The number of amides is 2. The van der Waals surface area contributed by atoms with Crippen LogP contribution in [-0.4, -0.2) is 22.9 Å². The number of benzene rings is 1. The lowest BCUT2D eigenvalue weighted by molar-refractivity contribution is -0.138. The largest absolute Gasteiger partial charge is 0.480 e. The van der Waals surface area contributed by atoms with Gasteiger partial charge >= 0.3 is 5.97 Å². The van der Waals surface area contributed by atoms with Gasteiger partial charge < -0.3 is 10.8 Å². The molecule has 6 nitrogen and oxygen atoms in total. The van der Waals surface area contributed by atoms with Gasteiger partial charge in [-0.25, -0.2) is 0 Å². The molecule has 2 amide bonds. The van der Waals surface area contributed by atoms with E-state index in [2.05, 4.69) is 5.32 Å². The van der Waals surface area contributed by atoms with E-state index < -0.39 is 12.0 Å². The number of aryl methyl sites for hydroxylation is 1. The zero-order valence-corrected chi connectivity index (χ0v) is 10.6. The normalized spacial score (nSPS) is 15.3. The maximum Gasteiger partial charge on any atom is 0.325 e. The fraction of sp³-hybridized carbons (Fsp3) is 0.308. The molecule has 4 N–H and O–H groups in total. The third-order valence-electron chi connectivity index (χ3n) is 2.56. The Hall–Kier alpha value is -2.21. The molecule has 0 aliphatic carbocycles. The van der Waals surface area contributed by atoms with Crippen LogP contribution in [0.2, 0.25) is 0 Å². The summed E-state index contributed by atoms with van der Waals surface area (Å²) in [4.78, 5) is 30.7. The van der Waals surface area contributed by atoms with E-state index >= 15 is 0 Å². The quantitative estimate of drug-likeness (QED) is 0.674. The maximum atomic E-state index is 10.5. The second kappa shape index (κ2) is 6.65. The number of carbonyl (C=O) groups excluding carboxylic acids is 2. The second-order valence-corrected chi connectivity index (χ2v) is 4.20. The Labute approximate surface area is 110 Å². The summed E-state index contributed by atoms with van der Waals surface area (Å²) in [5, 5.41) is 10.7. The first-order valence-corrected chi connectivity index (χ1v) is 5.78. The van der Waals surface area contributed by atoms with Crippen LogP contribution in [-0.2, 0) is 14.4 Å². The van der Waals surface area contributed by atoms with E-state index in [1.165, 1.54) is 0 Å². The highest BCUT2D eigenvalue weighted by Crippen LogP contribution is 2.10. The number of hydrogen-bond acceptors (Lipinski definition) is 4. The molecule has 1 atom stereocenters. The van der Waals surface area contributed by atoms with Crippen LogP contribution in [0.1, 0.15) is 30.0 Å². The molecule has 0 radical (unpaired) electrons. The third-order valence-corrected chi connectivity index (χ3v) is 2.56. The number of hydrogen-bond donors (Lipinski definition) is 3. The van der Waals surface area contributed by atoms with Crippen LogP contribution in [0, 0.1) is 6.92 Å². The molecule has 1 aliphatic heterocycles. The van der Waals surface area contributed by atoms with Gasteiger partial charge in [0.05, 0.1) is 0 Å². The van der Waals surface area contributed by atoms with Crippen molar-refractivity contribution in [3.05, 3.63) is 35.4 Å². The van der Waals surface area contributed by atoms with Crippen molar-refractivity contribution in [1.29, 1.82) is 0 Å². The van der Waals surface area contributed by atoms with Crippen LogP contribution in [0.25, 0.3) is 0 Å². The van der Waals surface area contributed by atoms with Crippen molar-refractivity contribution in [2.45, 2.75) is 25.8 Å².